The van der Waals surface area contributed by atoms with Gasteiger partial charge in [0.15, 0.2) is 0 Å². The maximum absolute atomic E-state index is 13.5. The Hall–Kier alpha value is -1.95. The second-order valence-corrected chi connectivity index (χ2v) is 4.18. The predicted octanol–water partition coefficient (Wildman–Crippen LogP) is 0.492. The topological polar surface area (TPSA) is 75.4 Å². The minimum Gasteiger partial charge on any atom is -0.366 e. The van der Waals surface area contributed by atoms with Gasteiger partial charge in [0, 0.05) is 31.3 Å². The molecule has 1 aromatic rings. The van der Waals surface area contributed by atoms with Crippen LogP contribution in [0, 0.1) is 5.82 Å². The highest BCUT2D eigenvalue weighted by atomic mass is 19.1. The van der Waals surface area contributed by atoms with Crippen LogP contribution in [0.2, 0.25) is 0 Å². The van der Waals surface area contributed by atoms with Gasteiger partial charge in [0.1, 0.15) is 5.82 Å². The monoisotopic (exact) mass is 267 g/mol. The molecule has 0 unspecified atom stereocenters. The van der Waals surface area contributed by atoms with E-state index < -0.39 is 11.7 Å². The number of nitrogens with two attached hydrogens (primary N) is 1. The molecule has 1 rings (SSSR count). The van der Waals surface area contributed by atoms with Gasteiger partial charge in [-0.25, -0.2) is 4.39 Å². The van der Waals surface area contributed by atoms with Gasteiger partial charge in [-0.05, 0) is 25.1 Å². The molecule has 2 amide bonds. The average Bonchev–Trinajstić information content (AvgIpc) is 2.39. The Labute approximate surface area is 111 Å². The van der Waals surface area contributed by atoms with Crippen molar-refractivity contribution in [2.45, 2.75) is 13.5 Å². The molecule has 5 nitrogen and oxygen atoms in total. The van der Waals surface area contributed by atoms with E-state index in [-0.39, 0.29) is 24.6 Å². The largest absolute Gasteiger partial charge is 0.366 e. The summed E-state index contributed by atoms with van der Waals surface area (Å²) in [5.74, 6) is -1.12. The zero-order valence-corrected chi connectivity index (χ0v) is 11.1. The molecule has 0 heterocycles. The summed E-state index contributed by atoms with van der Waals surface area (Å²) in [5, 5.41) is 2.84. The Morgan fingerprint density at radius 1 is 1.42 bits per heavy atom. The van der Waals surface area contributed by atoms with Gasteiger partial charge < -0.3 is 16.0 Å². The van der Waals surface area contributed by atoms with E-state index in [1.807, 2.05) is 6.92 Å². The van der Waals surface area contributed by atoms with Crippen molar-refractivity contribution in [1.82, 2.24) is 10.2 Å². The molecule has 3 N–H and O–H groups in total. The van der Waals surface area contributed by atoms with Crippen LogP contribution in [-0.2, 0) is 11.3 Å². The fourth-order valence-electron chi connectivity index (χ4n) is 1.48. The Balaban J connectivity index is 2.60. The summed E-state index contributed by atoms with van der Waals surface area (Å²) in [4.78, 5) is 24.1. The van der Waals surface area contributed by atoms with E-state index >= 15 is 0 Å². The summed E-state index contributed by atoms with van der Waals surface area (Å²) in [6.07, 6.45) is 0. The number of primary amides is 1. The highest BCUT2D eigenvalue weighted by Crippen LogP contribution is 2.10. The molecule has 0 spiro atoms. The molecule has 0 fully saturated rings. The Morgan fingerprint density at radius 2 is 2.11 bits per heavy atom. The number of hydrogen-bond donors (Lipinski definition) is 2. The van der Waals surface area contributed by atoms with Crippen LogP contribution in [0.25, 0.3) is 0 Å². The number of carbonyl (C=O) groups is 2. The van der Waals surface area contributed by atoms with Crippen molar-refractivity contribution in [3.63, 3.8) is 0 Å². The molecule has 0 saturated carbocycles. The summed E-state index contributed by atoms with van der Waals surface area (Å²) in [5.41, 5.74) is 5.68. The van der Waals surface area contributed by atoms with Crippen LogP contribution in [0.15, 0.2) is 18.2 Å². The summed E-state index contributed by atoms with van der Waals surface area (Å²) in [7, 11) is 1.69. The summed E-state index contributed by atoms with van der Waals surface area (Å²) in [6, 6.07) is 3.91. The fraction of sp³-hybridized carbons (Fsp3) is 0.385. The highest BCUT2D eigenvalue weighted by Gasteiger charge is 2.09. The van der Waals surface area contributed by atoms with E-state index in [0.29, 0.717) is 12.1 Å². The molecule has 0 aliphatic rings. The molecule has 0 aliphatic carbocycles. The number of nitrogens with one attached hydrogen (secondary N) is 1. The van der Waals surface area contributed by atoms with Gasteiger partial charge in [-0.15, -0.1) is 0 Å². The maximum atomic E-state index is 13.5. The number of nitrogens with zero attached hydrogens (tertiary/aromatic N) is 1. The molecule has 19 heavy (non-hydrogen) atoms. The van der Waals surface area contributed by atoms with E-state index in [0.717, 1.165) is 0 Å². The Morgan fingerprint density at radius 3 is 2.68 bits per heavy atom. The van der Waals surface area contributed by atoms with Gasteiger partial charge in [-0.3, -0.25) is 9.59 Å². The van der Waals surface area contributed by atoms with Gasteiger partial charge in [-0.1, -0.05) is 0 Å². The maximum Gasteiger partial charge on any atom is 0.248 e. The molecule has 1 aromatic carbocycles. The number of hydrogen-bond acceptors (Lipinski definition) is 3. The van der Waals surface area contributed by atoms with Crippen LogP contribution in [-0.4, -0.2) is 36.9 Å². The SMILES string of the molecule is CCN(C)C(=O)CNCc1cc(C(N)=O)ccc1F. The van der Waals surface area contributed by atoms with Crippen molar-refractivity contribution in [2.24, 2.45) is 5.73 Å². The first-order valence-corrected chi connectivity index (χ1v) is 5.98. The van der Waals surface area contributed by atoms with Crippen LogP contribution < -0.4 is 11.1 Å². The minimum atomic E-state index is -0.608. The van der Waals surface area contributed by atoms with Crippen LogP contribution in [0.4, 0.5) is 4.39 Å². The van der Waals surface area contributed by atoms with Gasteiger partial charge in [-0.2, -0.15) is 0 Å². The van der Waals surface area contributed by atoms with E-state index in [1.165, 1.54) is 18.2 Å². The Kier molecular flexibility index (Phi) is 5.44. The third-order valence-electron chi connectivity index (χ3n) is 2.82. The third kappa shape index (κ3) is 4.33. The normalized spacial score (nSPS) is 10.3. The van der Waals surface area contributed by atoms with Crippen molar-refractivity contribution < 1.29 is 14.0 Å². The van der Waals surface area contributed by atoms with Crippen LogP contribution in [0.1, 0.15) is 22.8 Å². The molecule has 6 heteroatoms. The number of rotatable bonds is 6. The molecule has 0 aliphatic heterocycles. The first-order valence-electron chi connectivity index (χ1n) is 5.98. The molecular weight excluding hydrogens is 249 g/mol. The smallest absolute Gasteiger partial charge is 0.248 e. The molecule has 0 radical (unpaired) electrons. The lowest BCUT2D eigenvalue weighted by Crippen LogP contribution is -2.35. The van der Waals surface area contributed by atoms with Crippen molar-refractivity contribution in [1.29, 1.82) is 0 Å². The molecule has 104 valence electrons. The standard InChI is InChI=1S/C13H18FN3O2/c1-3-17(2)12(18)8-16-7-10-6-9(13(15)19)4-5-11(10)14/h4-6,16H,3,7-8H2,1-2H3,(H2,15,19). The number of benzene rings is 1. The number of carbonyl (C=O) groups excluding carboxylic acids is 2. The molecular formula is C13H18FN3O2. The van der Waals surface area contributed by atoms with Gasteiger partial charge in [0.25, 0.3) is 0 Å². The lowest BCUT2D eigenvalue weighted by atomic mass is 10.1. The summed E-state index contributed by atoms with van der Waals surface area (Å²) in [6.45, 7) is 2.76. The number of amides is 2. The predicted molar refractivity (Wildman–Crippen MR) is 69.9 cm³/mol. The molecule has 0 atom stereocenters. The van der Waals surface area contributed by atoms with E-state index in [9.17, 15) is 14.0 Å². The van der Waals surface area contributed by atoms with E-state index in [2.05, 4.69) is 5.32 Å². The van der Waals surface area contributed by atoms with Crippen LogP contribution in [0.5, 0.6) is 0 Å². The summed E-state index contributed by atoms with van der Waals surface area (Å²) >= 11 is 0. The third-order valence-corrected chi connectivity index (χ3v) is 2.82. The molecule has 0 saturated heterocycles. The van der Waals surface area contributed by atoms with Crippen molar-refractivity contribution in [3.05, 3.63) is 35.1 Å². The van der Waals surface area contributed by atoms with Crippen LogP contribution in [0.3, 0.4) is 0 Å². The second-order valence-electron chi connectivity index (χ2n) is 4.18. The molecule has 0 aromatic heterocycles. The Bertz CT molecular complexity index is 477. The second kappa shape index (κ2) is 6.84. The van der Waals surface area contributed by atoms with Gasteiger partial charge in [0.2, 0.25) is 11.8 Å². The van der Waals surface area contributed by atoms with Crippen molar-refractivity contribution in [2.75, 3.05) is 20.1 Å². The number of likely N-dealkylation sites (N-methyl/N-ethyl adjacent to an activating group) is 1. The van der Waals surface area contributed by atoms with E-state index in [4.69, 9.17) is 5.73 Å². The first-order chi connectivity index (χ1) is 8.95. The average molecular weight is 267 g/mol. The van der Waals surface area contributed by atoms with Crippen LogP contribution >= 0.6 is 0 Å². The first kappa shape index (κ1) is 15.1. The van der Waals surface area contributed by atoms with Crippen molar-refractivity contribution in [3.8, 4) is 0 Å². The highest BCUT2D eigenvalue weighted by molar-refractivity contribution is 5.92. The quantitative estimate of drug-likeness (QED) is 0.787. The van der Waals surface area contributed by atoms with Crippen molar-refractivity contribution >= 4 is 11.8 Å². The van der Waals surface area contributed by atoms with E-state index in [1.54, 1.807) is 11.9 Å². The zero-order chi connectivity index (χ0) is 14.4. The lowest BCUT2D eigenvalue weighted by molar-refractivity contribution is -0.128. The fourth-order valence-corrected chi connectivity index (χ4v) is 1.48. The number of halogens is 1. The minimum absolute atomic E-state index is 0.0750. The summed E-state index contributed by atoms with van der Waals surface area (Å²) < 4.78 is 13.5. The van der Waals surface area contributed by atoms with Gasteiger partial charge in [0.05, 0.1) is 6.54 Å². The molecule has 0 bridgehead atoms. The zero-order valence-electron chi connectivity index (χ0n) is 11.1. The lowest BCUT2D eigenvalue weighted by Gasteiger charge is -2.15. The van der Waals surface area contributed by atoms with Gasteiger partial charge >= 0.3 is 0 Å².